The van der Waals surface area contributed by atoms with Crippen molar-refractivity contribution in [2.45, 2.75) is 13.3 Å². The number of rotatable bonds is 8. The van der Waals surface area contributed by atoms with Crippen LogP contribution in [0.25, 0.3) is 0 Å². The Labute approximate surface area is 136 Å². The van der Waals surface area contributed by atoms with E-state index in [4.69, 9.17) is 4.74 Å². The highest BCUT2D eigenvalue weighted by molar-refractivity contribution is 5.92. The van der Waals surface area contributed by atoms with Gasteiger partial charge in [-0.1, -0.05) is 6.92 Å². The molecule has 0 radical (unpaired) electrons. The summed E-state index contributed by atoms with van der Waals surface area (Å²) in [5, 5.41) is 5.01. The number of nitrogens with zero attached hydrogens (tertiary/aromatic N) is 1. The van der Waals surface area contributed by atoms with Gasteiger partial charge in [0.25, 0.3) is 5.91 Å². The zero-order chi connectivity index (χ0) is 17.2. The van der Waals surface area contributed by atoms with E-state index in [1.54, 1.807) is 24.3 Å². The van der Waals surface area contributed by atoms with Crippen LogP contribution in [-0.4, -0.2) is 51.6 Å². The van der Waals surface area contributed by atoms with Crippen molar-refractivity contribution in [2.75, 3.05) is 38.7 Å². The smallest absolute Gasteiger partial charge is 0.338 e. The van der Waals surface area contributed by atoms with E-state index < -0.39 is 18.5 Å². The van der Waals surface area contributed by atoms with Gasteiger partial charge in [-0.15, -0.1) is 0 Å². The Balaban J connectivity index is 2.34. The average molecular weight is 321 g/mol. The highest BCUT2D eigenvalue weighted by Crippen LogP contribution is 2.12. The standard InChI is InChI=1S/C16H23N3O4/c1-4-9-17-14(20)10-18-15(21)11-23-16(22)12-5-7-13(8-6-12)19(2)3/h5-8H,4,9-11H2,1-3H3,(H,17,20)(H,18,21). The second-order valence-electron chi connectivity index (χ2n) is 5.14. The Bertz CT molecular complexity index is 541. The summed E-state index contributed by atoms with van der Waals surface area (Å²) in [7, 11) is 3.79. The molecule has 0 aromatic heterocycles. The Morgan fingerprint density at radius 3 is 2.26 bits per heavy atom. The van der Waals surface area contributed by atoms with Crippen molar-refractivity contribution in [1.82, 2.24) is 10.6 Å². The molecule has 1 aromatic carbocycles. The molecule has 2 amide bonds. The molecule has 0 saturated carbocycles. The van der Waals surface area contributed by atoms with E-state index in [1.807, 2.05) is 25.9 Å². The molecule has 0 aliphatic rings. The molecule has 0 saturated heterocycles. The number of carbonyl (C=O) groups is 3. The van der Waals surface area contributed by atoms with Crippen molar-refractivity contribution in [3.63, 3.8) is 0 Å². The third kappa shape index (κ3) is 6.82. The van der Waals surface area contributed by atoms with E-state index in [9.17, 15) is 14.4 Å². The second kappa shape index (κ2) is 9.45. The Morgan fingerprint density at radius 1 is 1.04 bits per heavy atom. The molecule has 7 heteroatoms. The fourth-order valence-corrected chi connectivity index (χ4v) is 1.67. The van der Waals surface area contributed by atoms with E-state index in [1.165, 1.54) is 0 Å². The van der Waals surface area contributed by atoms with Crippen molar-refractivity contribution in [2.24, 2.45) is 0 Å². The van der Waals surface area contributed by atoms with Gasteiger partial charge in [-0.05, 0) is 30.7 Å². The van der Waals surface area contributed by atoms with Gasteiger partial charge in [-0.3, -0.25) is 9.59 Å². The summed E-state index contributed by atoms with van der Waals surface area (Å²) in [6.45, 7) is 1.94. The van der Waals surface area contributed by atoms with Gasteiger partial charge in [0, 0.05) is 26.3 Å². The van der Waals surface area contributed by atoms with Gasteiger partial charge in [0.15, 0.2) is 6.61 Å². The first-order chi connectivity index (χ1) is 10.9. The van der Waals surface area contributed by atoms with Gasteiger partial charge in [0.2, 0.25) is 5.91 Å². The lowest BCUT2D eigenvalue weighted by atomic mass is 10.2. The minimum absolute atomic E-state index is 0.131. The number of ether oxygens (including phenoxy) is 1. The summed E-state index contributed by atoms with van der Waals surface area (Å²) < 4.78 is 4.91. The Kier molecular flexibility index (Phi) is 7.59. The van der Waals surface area contributed by atoms with Crippen molar-refractivity contribution in [3.8, 4) is 0 Å². The predicted octanol–water partition coefficient (Wildman–Crippen LogP) is 0.552. The van der Waals surface area contributed by atoms with E-state index in [-0.39, 0.29) is 12.5 Å². The molecular weight excluding hydrogens is 298 g/mol. The predicted molar refractivity (Wildman–Crippen MR) is 87.4 cm³/mol. The van der Waals surface area contributed by atoms with Crippen LogP contribution in [0, 0.1) is 0 Å². The van der Waals surface area contributed by atoms with Gasteiger partial charge in [0.1, 0.15) is 0 Å². The number of hydrogen-bond donors (Lipinski definition) is 2. The van der Waals surface area contributed by atoms with Crippen molar-refractivity contribution in [3.05, 3.63) is 29.8 Å². The van der Waals surface area contributed by atoms with Crippen LogP contribution in [0.4, 0.5) is 5.69 Å². The topological polar surface area (TPSA) is 87.7 Å². The molecule has 0 heterocycles. The average Bonchev–Trinajstić information content (AvgIpc) is 2.55. The van der Waals surface area contributed by atoms with Gasteiger partial charge < -0.3 is 20.3 Å². The van der Waals surface area contributed by atoms with E-state index >= 15 is 0 Å². The molecule has 0 bridgehead atoms. The molecule has 23 heavy (non-hydrogen) atoms. The second-order valence-corrected chi connectivity index (χ2v) is 5.14. The number of hydrogen-bond acceptors (Lipinski definition) is 5. The molecule has 0 spiro atoms. The summed E-state index contributed by atoms with van der Waals surface area (Å²) in [6, 6.07) is 6.84. The van der Waals surface area contributed by atoms with Crippen molar-refractivity contribution >= 4 is 23.5 Å². The van der Waals surface area contributed by atoms with Crippen LogP contribution in [0.5, 0.6) is 0 Å². The van der Waals surface area contributed by atoms with Gasteiger partial charge in [0.05, 0.1) is 12.1 Å². The van der Waals surface area contributed by atoms with Gasteiger partial charge >= 0.3 is 5.97 Å². The molecule has 1 aromatic rings. The first-order valence-electron chi connectivity index (χ1n) is 7.42. The molecule has 2 N–H and O–H groups in total. The largest absolute Gasteiger partial charge is 0.452 e. The summed E-state index contributed by atoms with van der Waals surface area (Å²) in [6.07, 6.45) is 0.823. The third-order valence-electron chi connectivity index (χ3n) is 2.97. The number of anilines is 1. The molecule has 0 unspecified atom stereocenters. The van der Waals surface area contributed by atoms with Crippen molar-refractivity contribution < 1.29 is 19.1 Å². The monoisotopic (exact) mass is 321 g/mol. The lowest BCUT2D eigenvalue weighted by molar-refractivity contribution is -0.127. The molecular formula is C16H23N3O4. The zero-order valence-corrected chi connectivity index (χ0v) is 13.7. The number of amides is 2. The lowest BCUT2D eigenvalue weighted by Gasteiger charge is -2.12. The van der Waals surface area contributed by atoms with E-state index in [2.05, 4.69) is 10.6 Å². The molecule has 7 nitrogen and oxygen atoms in total. The van der Waals surface area contributed by atoms with E-state index in [0.29, 0.717) is 12.1 Å². The third-order valence-corrected chi connectivity index (χ3v) is 2.97. The van der Waals surface area contributed by atoms with Crippen LogP contribution >= 0.6 is 0 Å². The van der Waals surface area contributed by atoms with Crippen LogP contribution in [-0.2, 0) is 14.3 Å². The summed E-state index contributed by atoms with van der Waals surface area (Å²) in [5.41, 5.74) is 1.32. The number of carbonyl (C=O) groups excluding carboxylic acids is 3. The van der Waals surface area contributed by atoms with Gasteiger partial charge in [-0.25, -0.2) is 4.79 Å². The Hall–Kier alpha value is -2.57. The van der Waals surface area contributed by atoms with Crippen molar-refractivity contribution in [1.29, 1.82) is 0 Å². The molecule has 0 aliphatic heterocycles. The fourth-order valence-electron chi connectivity index (χ4n) is 1.67. The minimum atomic E-state index is -0.583. The highest BCUT2D eigenvalue weighted by Gasteiger charge is 2.11. The van der Waals surface area contributed by atoms with Crippen LogP contribution in [0.15, 0.2) is 24.3 Å². The first kappa shape index (κ1) is 18.5. The molecule has 1 rings (SSSR count). The molecule has 0 aliphatic carbocycles. The maximum absolute atomic E-state index is 11.8. The lowest BCUT2D eigenvalue weighted by Crippen LogP contribution is -2.38. The van der Waals surface area contributed by atoms with Crippen LogP contribution in [0.2, 0.25) is 0 Å². The highest BCUT2D eigenvalue weighted by atomic mass is 16.5. The SMILES string of the molecule is CCCNC(=O)CNC(=O)COC(=O)c1ccc(N(C)C)cc1. The summed E-state index contributed by atoms with van der Waals surface area (Å²) >= 11 is 0. The molecule has 0 fully saturated rings. The van der Waals surface area contributed by atoms with E-state index in [0.717, 1.165) is 12.1 Å². The summed E-state index contributed by atoms with van der Waals surface area (Å²) in [4.78, 5) is 36.6. The minimum Gasteiger partial charge on any atom is -0.452 e. The number of esters is 1. The van der Waals surface area contributed by atoms with Gasteiger partial charge in [-0.2, -0.15) is 0 Å². The molecule has 126 valence electrons. The normalized spacial score (nSPS) is 9.87. The summed E-state index contributed by atoms with van der Waals surface area (Å²) in [5.74, 6) is -1.37. The van der Waals surface area contributed by atoms with Crippen LogP contribution in [0.3, 0.4) is 0 Å². The van der Waals surface area contributed by atoms with Crippen LogP contribution < -0.4 is 15.5 Å². The maximum atomic E-state index is 11.8. The fraction of sp³-hybridized carbons (Fsp3) is 0.438. The maximum Gasteiger partial charge on any atom is 0.338 e. The quantitative estimate of drug-likeness (QED) is 0.683. The zero-order valence-electron chi connectivity index (χ0n) is 13.7. The molecule has 0 atom stereocenters. The first-order valence-corrected chi connectivity index (χ1v) is 7.42. The number of nitrogens with one attached hydrogen (secondary N) is 2. The number of benzene rings is 1. The Morgan fingerprint density at radius 2 is 1.70 bits per heavy atom. The van der Waals surface area contributed by atoms with Crippen LogP contribution in [0.1, 0.15) is 23.7 Å².